The number of ether oxygens (including phenoxy) is 1. The first kappa shape index (κ1) is 12.2. The van der Waals surface area contributed by atoms with Crippen LogP contribution >= 0.6 is 11.8 Å². The molecule has 2 saturated heterocycles. The maximum absolute atomic E-state index is 11.1. The van der Waals surface area contributed by atoms with Crippen LogP contribution in [0.25, 0.3) is 0 Å². The van der Waals surface area contributed by atoms with Crippen LogP contribution in [-0.2, 0) is 9.53 Å². The molecule has 0 amide bonds. The van der Waals surface area contributed by atoms with Gasteiger partial charge in [0, 0.05) is 23.9 Å². The normalized spacial score (nSPS) is 36.4. The van der Waals surface area contributed by atoms with E-state index >= 15 is 0 Å². The smallest absolute Gasteiger partial charge is 0.305 e. The number of nitrogens with zero attached hydrogens (tertiary/aromatic N) is 1. The molecule has 2 aliphatic rings. The highest BCUT2D eigenvalue weighted by Gasteiger charge is 2.47. The number of hydrogen-bond acceptors (Lipinski definition) is 4. The summed E-state index contributed by atoms with van der Waals surface area (Å²) in [5, 5.41) is 9.52. The average Bonchev–Trinajstić information content (AvgIpc) is 2.62. The van der Waals surface area contributed by atoms with Crippen LogP contribution in [0.5, 0.6) is 0 Å². The van der Waals surface area contributed by atoms with E-state index in [4.69, 9.17) is 9.84 Å². The van der Waals surface area contributed by atoms with Gasteiger partial charge in [0.05, 0.1) is 19.6 Å². The zero-order valence-electron chi connectivity index (χ0n) is 9.65. The molecule has 0 aliphatic carbocycles. The summed E-state index contributed by atoms with van der Waals surface area (Å²) in [6.45, 7) is 5.38. The van der Waals surface area contributed by atoms with Crippen molar-refractivity contribution in [1.82, 2.24) is 4.90 Å². The molecule has 2 atom stereocenters. The van der Waals surface area contributed by atoms with Gasteiger partial charge < -0.3 is 9.84 Å². The monoisotopic (exact) mass is 245 g/mol. The molecular formula is C11H19NO3S. The molecule has 1 N–H and O–H groups in total. The summed E-state index contributed by atoms with van der Waals surface area (Å²) < 4.78 is 5.35. The van der Waals surface area contributed by atoms with E-state index in [0.717, 1.165) is 38.5 Å². The van der Waals surface area contributed by atoms with Crippen LogP contribution < -0.4 is 0 Å². The molecule has 16 heavy (non-hydrogen) atoms. The third kappa shape index (κ3) is 2.21. The summed E-state index contributed by atoms with van der Waals surface area (Å²) >= 11 is 1.89. The second-order valence-electron chi connectivity index (χ2n) is 4.54. The first-order chi connectivity index (χ1) is 7.65. The van der Waals surface area contributed by atoms with E-state index in [1.54, 1.807) is 0 Å². The van der Waals surface area contributed by atoms with E-state index in [9.17, 15) is 4.79 Å². The van der Waals surface area contributed by atoms with Crippen molar-refractivity contribution in [3.8, 4) is 0 Å². The predicted octanol–water partition coefficient (Wildman–Crippen LogP) is 1.06. The Balaban J connectivity index is 2.15. The lowest BCUT2D eigenvalue weighted by atomic mass is 9.86. The third-order valence-corrected chi connectivity index (χ3v) is 5.14. The fourth-order valence-corrected chi connectivity index (χ4v) is 4.29. The Morgan fingerprint density at radius 2 is 2.25 bits per heavy atom. The molecule has 0 saturated carbocycles. The van der Waals surface area contributed by atoms with Crippen molar-refractivity contribution in [2.24, 2.45) is 0 Å². The Bertz CT molecular complexity index is 268. The van der Waals surface area contributed by atoms with Crippen LogP contribution in [0.15, 0.2) is 0 Å². The molecule has 2 rings (SSSR count). The summed E-state index contributed by atoms with van der Waals surface area (Å²) in [6, 6.07) is 0. The fourth-order valence-electron chi connectivity index (χ4n) is 2.80. The highest BCUT2D eigenvalue weighted by atomic mass is 32.2. The summed E-state index contributed by atoms with van der Waals surface area (Å²) in [7, 11) is 0. The third-order valence-electron chi connectivity index (χ3n) is 3.76. The maximum Gasteiger partial charge on any atom is 0.305 e. The molecule has 2 fully saturated rings. The first-order valence-electron chi connectivity index (χ1n) is 5.81. The zero-order chi connectivity index (χ0) is 11.6. The van der Waals surface area contributed by atoms with Crippen molar-refractivity contribution in [1.29, 1.82) is 0 Å². The van der Waals surface area contributed by atoms with Crippen molar-refractivity contribution in [3.63, 3.8) is 0 Å². The van der Waals surface area contributed by atoms with Gasteiger partial charge in [-0.25, -0.2) is 0 Å². The van der Waals surface area contributed by atoms with Crippen LogP contribution in [0.1, 0.15) is 19.8 Å². The minimum atomic E-state index is -0.680. The second kappa shape index (κ2) is 4.94. The van der Waals surface area contributed by atoms with Gasteiger partial charge in [0.25, 0.3) is 0 Å². The molecule has 0 aromatic heterocycles. The highest BCUT2D eigenvalue weighted by molar-refractivity contribution is 8.00. The Labute approximate surface area is 100 Å². The second-order valence-corrected chi connectivity index (χ2v) is 5.99. The molecule has 2 aliphatic heterocycles. The lowest BCUT2D eigenvalue weighted by molar-refractivity contribution is -0.141. The van der Waals surface area contributed by atoms with E-state index in [1.165, 1.54) is 0 Å². The quantitative estimate of drug-likeness (QED) is 0.805. The van der Waals surface area contributed by atoms with Crippen molar-refractivity contribution in [3.05, 3.63) is 0 Å². The van der Waals surface area contributed by atoms with Crippen LogP contribution in [0.3, 0.4) is 0 Å². The number of carboxylic acids is 1. The number of hydrogen-bond donors (Lipinski definition) is 1. The molecule has 4 nitrogen and oxygen atoms in total. The minimum absolute atomic E-state index is 0.139. The Morgan fingerprint density at radius 1 is 1.56 bits per heavy atom. The number of carboxylic acid groups (broad SMARTS) is 1. The Hall–Kier alpha value is -0.260. The van der Waals surface area contributed by atoms with Gasteiger partial charge >= 0.3 is 5.97 Å². The lowest BCUT2D eigenvalue weighted by Crippen LogP contribution is -2.57. The van der Waals surface area contributed by atoms with Gasteiger partial charge in [-0.05, 0) is 12.2 Å². The molecule has 0 aromatic rings. The van der Waals surface area contributed by atoms with E-state index in [2.05, 4.69) is 11.8 Å². The van der Waals surface area contributed by atoms with Crippen molar-refractivity contribution < 1.29 is 14.6 Å². The van der Waals surface area contributed by atoms with E-state index < -0.39 is 5.97 Å². The van der Waals surface area contributed by atoms with Gasteiger partial charge in [0.1, 0.15) is 0 Å². The number of carbonyl (C=O) groups is 1. The molecule has 5 heteroatoms. The van der Waals surface area contributed by atoms with Crippen LogP contribution in [0.4, 0.5) is 0 Å². The van der Waals surface area contributed by atoms with Gasteiger partial charge in [0.15, 0.2) is 0 Å². The van der Waals surface area contributed by atoms with Crippen molar-refractivity contribution in [2.75, 3.05) is 32.1 Å². The van der Waals surface area contributed by atoms with Gasteiger partial charge in [-0.3, -0.25) is 9.69 Å². The number of thioether (sulfide) groups is 1. The van der Waals surface area contributed by atoms with Gasteiger partial charge in [-0.2, -0.15) is 11.8 Å². The van der Waals surface area contributed by atoms with Gasteiger partial charge in [-0.1, -0.05) is 6.92 Å². The SMILES string of the molecule is CC1SCCC1(CC(=O)O)N1CCOCC1. The summed E-state index contributed by atoms with van der Waals surface area (Å²) in [5.41, 5.74) is -0.139. The molecule has 2 heterocycles. The lowest BCUT2D eigenvalue weighted by Gasteiger charge is -2.44. The fraction of sp³-hybridized carbons (Fsp3) is 0.909. The topological polar surface area (TPSA) is 49.8 Å². The first-order valence-corrected chi connectivity index (χ1v) is 6.86. The van der Waals surface area contributed by atoms with Gasteiger partial charge in [-0.15, -0.1) is 0 Å². The largest absolute Gasteiger partial charge is 0.481 e. The number of aliphatic carboxylic acids is 1. The number of rotatable bonds is 3. The molecule has 0 bridgehead atoms. The van der Waals surface area contributed by atoms with Crippen molar-refractivity contribution >= 4 is 17.7 Å². The molecule has 2 unspecified atom stereocenters. The van der Waals surface area contributed by atoms with Crippen molar-refractivity contribution in [2.45, 2.75) is 30.6 Å². The standard InChI is InChI=1S/C11H19NO3S/c1-9-11(2-7-16-9,8-10(13)14)12-3-5-15-6-4-12/h9H,2-8H2,1H3,(H,13,14). The summed E-state index contributed by atoms with van der Waals surface area (Å²) in [5.74, 6) is 0.395. The molecule has 92 valence electrons. The highest BCUT2D eigenvalue weighted by Crippen LogP contribution is 2.42. The van der Waals surface area contributed by atoms with Crippen LogP contribution in [-0.4, -0.2) is 58.8 Å². The maximum atomic E-state index is 11.1. The summed E-state index contributed by atoms with van der Waals surface area (Å²) in [4.78, 5) is 13.4. The summed E-state index contributed by atoms with van der Waals surface area (Å²) in [6.07, 6.45) is 1.26. The van der Waals surface area contributed by atoms with Gasteiger partial charge in [0.2, 0.25) is 0 Å². The van der Waals surface area contributed by atoms with E-state index in [0.29, 0.717) is 5.25 Å². The predicted molar refractivity (Wildman–Crippen MR) is 63.9 cm³/mol. The zero-order valence-corrected chi connectivity index (χ0v) is 10.5. The minimum Gasteiger partial charge on any atom is -0.481 e. The van der Waals surface area contributed by atoms with E-state index in [-0.39, 0.29) is 12.0 Å². The molecule has 0 aromatic carbocycles. The van der Waals surface area contributed by atoms with Crippen LogP contribution in [0.2, 0.25) is 0 Å². The number of morpholine rings is 1. The molecule has 0 spiro atoms. The Morgan fingerprint density at radius 3 is 2.75 bits per heavy atom. The average molecular weight is 245 g/mol. The molecule has 0 radical (unpaired) electrons. The van der Waals surface area contributed by atoms with Crippen LogP contribution in [0, 0.1) is 0 Å². The van der Waals surface area contributed by atoms with E-state index in [1.807, 2.05) is 11.8 Å². The molecular weight excluding hydrogens is 226 g/mol. The Kier molecular flexibility index (Phi) is 3.77.